The lowest BCUT2D eigenvalue weighted by atomic mass is 10.2. The number of halogens is 1. The van der Waals surface area contributed by atoms with Crippen LogP contribution in [0.4, 0.5) is 10.5 Å². The lowest BCUT2D eigenvalue weighted by Crippen LogP contribution is -2.37. The minimum Gasteiger partial charge on any atom is -0.478 e. The van der Waals surface area contributed by atoms with Crippen LogP contribution in [0.1, 0.15) is 23.2 Å². The van der Waals surface area contributed by atoms with Crippen molar-refractivity contribution in [3.05, 3.63) is 28.8 Å². The highest BCUT2D eigenvalue weighted by molar-refractivity contribution is 6.31. The first-order valence-electron chi connectivity index (χ1n) is 6.53. The summed E-state index contributed by atoms with van der Waals surface area (Å²) in [6.45, 7) is 0.782. The average Bonchev–Trinajstić information content (AvgIpc) is 3.24. The van der Waals surface area contributed by atoms with Crippen LogP contribution in [0, 0.1) is 18.3 Å². The van der Waals surface area contributed by atoms with Crippen molar-refractivity contribution in [2.75, 3.05) is 18.4 Å². The molecule has 5 nitrogen and oxygen atoms in total. The van der Waals surface area contributed by atoms with Crippen LogP contribution in [-0.2, 0) is 0 Å². The summed E-state index contributed by atoms with van der Waals surface area (Å²) >= 11 is 5.77. The van der Waals surface area contributed by atoms with Crippen LogP contribution >= 0.6 is 11.6 Å². The molecule has 0 aliphatic heterocycles. The van der Waals surface area contributed by atoms with Gasteiger partial charge in [0.25, 0.3) is 0 Å². The predicted molar refractivity (Wildman–Crippen MR) is 80.6 cm³/mol. The summed E-state index contributed by atoms with van der Waals surface area (Å²) in [6, 6.07) is 3.89. The van der Waals surface area contributed by atoms with E-state index >= 15 is 0 Å². The molecule has 1 saturated carbocycles. The summed E-state index contributed by atoms with van der Waals surface area (Å²) in [5.41, 5.74) is 0.151. The fourth-order valence-electron chi connectivity index (χ4n) is 1.94. The lowest BCUT2D eigenvalue weighted by Gasteiger charge is -2.21. The van der Waals surface area contributed by atoms with Gasteiger partial charge in [0.2, 0.25) is 0 Å². The molecule has 0 heterocycles. The first-order valence-corrected chi connectivity index (χ1v) is 6.91. The molecule has 1 aliphatic rings. The fourth-order valence-corrected chi connectivity index (χ4v) is 2.11. The van der Waals surface area contributed by atoms with Crippen molar-refractivity contribution in [3.63, 3.8) is 0 Å². The minimum atomic E-state index is -1.15. The van der Waals surface area contributed by atoms with Gasteiger partial charge < -0.3 is 15.3 Å². The maximum atomic E-state index is 12.2. The molecule has 0 bridgehead atoms. The minimum absolute atomic E-state index is 0.0528. The normalized spacial score (nSPS) is 13.3. The van der Waals surface area contributed by atoms with E-state index in [1.54, 1.807) is 0 Å². The average molecular weight is 307 g/mol. The maximum absolute atomic E-state index is 12.2. The Hall–Kier alpha value is -2.19. The first kappa shape index (κ1) is 15.2. The zero-order valence-electron chi connectivity index (χ0n) is 11.3. The second-order valence-corrected chi connectivity index (χ2v) is 5.39. The Morgan fingerprint density at radius 1 is 1.48 bits per heavy atom. The number of rotatable bonds is 5. The van der Waals surface area contributed by atoms with Crippen LogP contribution in [0.15, 0.2) is 18.2 Å². The molecule has 1 aliphatic carbocycles. The van der Waals surface area contributed by atoms with E-state index in [4.69, 9.17) is 23.1 Å². The van der Waals surface area contributed by atoms with Crippen LogP contribution in [0.3, 0.4) is 0 Å². The summed E-state index contributed by atoms with van der Waals surface area (Å²) in [6.07, 6.45) is 7.46. The number of nitrogens with one attached hydrogen (secondary N) is 1. The van der Waals surface area contributed by atoms with Gasteiger partial charge in [-0.25, -0.2) is 9.59 Å². The predicted octanol–water partition coefficient (Wildman–Crippen LogP) is 2.92. The van der Waals surface area contributed by atoms with E-state index in [0.717, 1.165) is 12.8 Å². The molecule has 2 rings (SSSR count). The number of carbonyl (C=O) groups excluding carboxylic acids is 1. The number of aromatic carboxylic acids is 1. The van der Waals surface area contributed by atoms with E-state index in [1.807, 2.05) is 0 Å². The molecule has 1 fully saturated rings. The van der Waals surface area contributed by atoms with Gasteiger partial charge >= 0.3 is 12.0 Å². The molecule has 110 valence electrons. The van der Waals surface area contributed by atoms with Gasteiger partial charge in [-0.1, -0.05) is 17.5 Å². The van der Waals surface area contributed by atoms with Crippen molar-refractivity contribution in [3.8, 4) is 12.3 Å². The van der Waals surface area contributed by atoms with Gasteiger partial charge in [-0.05, 0) is 37.0 Å². The summed E-state index contributed by atoms with van der Waals surface area (Å²) < 4.78 is 0. The summed E-state index contributed by atoms with van der Waals surface area (Å²) in [5.74, 6) is 1.78. The molecule has 2 N–H and O–H groups in total. The number of hydrogen-bond donors (Lipinski definition) is 2. The van der Waals surface area contributed by atoms with Crippen molar-refractivity contribution in [1.82, 2.24) is 4.90 Å². The van der Waals surface area contributed by atoms with E-state index in [0.29, 0.717) is 17.5 Å². The van der Waals surface area contributed by atoms with E-state index < -0.39 is 12.0 Å². The Morgan fingerprint density at radius 2 is 2.19 bits per heavy atom. The van der Waals surface area contributed by atoms with Crippen LogP contribution < -0.4 is 5.32 Å². The van der Waals surface area contributed by atoms with Crippen LogP contribution in [0.25, 0.3) is 0 Å². The topological polar surface area (TPSA) is 69.6 Å². The van der Waals surface area contributed by atoms with Gasteiger partial charge in [0.05, 0.1) is 17.8 Å². The Balaban J connectivity index is 2.13. The number of hydrogen-bond acceptors (Lipinski definition) is 2. The van der Waals surface area contributed by atoms with Gasteiger partial charge in [0.1, 0.15) is 0 Å². The van der Waals surface area contributed by atoms with E-state index in [9.17, 15) is 9.59 Å². The molecule has 0 aromatic heterocycles. The molecule has 0 radical (unpaired) electrons. The smallest absolute Gasteiger partial charge is 0.337 e. The molecule has 0 spiro atoms. The molecule has 6 heteroatoms. The highest BCUT2D eigenvalue weighted by Crippen LogP contribution is 2.30. The number of carboxylic acid groups (broad SMARTS) is 1. The molecule has 21 heavy (non-hydrogen) atoms. The highest BCUT2D eigenvalue weighted by Gasteiger charge is 2.27. The summed E-state index contributed by atoms with van der Waals surface area (Å²) in [7, 11) is 0. The summed E-state index contributed by atoms with van der Waals surface area (Å²) in [4.78, 5) is 24.9. The van der Waals surface area contributed by atoms with Crippen molar-refractivity contribution >= 4 is 29.3 Å². The van der Waals surface area contributed by atoms with Gasteiger partial charge in [-0.2, -0.15) is 0 Å². The molecule has 1 aromatic rings. The van der Waals surface area contributed by atoms with Crippen molar-refractivity contribution < 1.29 is 14.7 Å². The summed E-state index contributed by atoms with van der Waals surface area (Å²) in [5, 5.41) is 12.0. The SMILES string of the molecule is C#CCN(CC1CC1)C(=O)Nc1ccc(Cl)cc1C(=O)O. The van der Waals surface area contributed by atoms with Gasteiger partial charge in [-0.3, -0.25) is 0 Å². The molecular formula is C15H15ClN2O3. The molecule has 0 unspecified atom stereocenters. The number of anilines is 1. The number of carbonyl (C=O) groups is 2. The van der Waals surface area contributed by atoms with Crippen molar-refractivity contribution in [1.29, 1.82) is 0 Å². The second-order valence-electron chi connectivity index (χ2n) is 4.95. The number of terminal acetylenes is 1. The number of nitrogens with zero attached hydrogens (tertiary/aromatic N) is 1. The number of urea groups is 1. The fraction of sp³-hybridized carbons (Fsp3) is 0.333. The Bertz CT molecular complexity index is 605. The quantitative estimate of drug-likeness (QED) is 0.822. The third-order valence-electron chi connectivity index (χ3n) is 3.20. The largest absolute Gasteiger partial charge is 0.478 e. The van der Waals surface area contributed by atoms with E-state index in [1.165, 1.54) is 23.1 Å². The van der Waals surface area contributed by atoms with Gasteiger partial charge in [-0.15, -0.1) is 6.42 Å². The Kier molecular flexibility index (Phi) is 4.71. The van der Waals surface area contributed by atoms with Crippen LogP contribution in [0.2, 0.25) is 5.02 Å². The third kappa shape index (κ3) is 4.14. The molecule has 1 aromatic carbocycles. The zero-order valence-corrected chi connectivity index (χ0v) is 12.1. The van der Waals surface area contributed by atoms with Crippen LogP contribution in [0.5, 0.6) is 0 Å². The van der Waals surface area contributed by atoms with Crippen LogP contribution in [-0.4, -0.2) is 35.1 Å². The zero-order chi connectivity index (χ0) is 15.4. The molecule has 0 saturated heterocycles. The number of amides is 2. The van der Waals surface area contributed by atoms with Gasteiger partial charge in [0.15, 0.2) is 0 Å². The molecule has 0 atom stereocenters. The number of benzene rings is 1. The molecular weight excluding hydrogens is 292 g/mol. The maximum Gasteiger partial charge on any atom is 0.337 e. The monoisotopic (exact) mass is 306 g/mol. The Labute approximate surface area is 127 Å². The van der Waals surface area contributed by atoms with E-state index in [-0.39, 0.29) is 17.8 Å². The van der Waals surface area contributed by atoms with Gasteiger partial charge in [0, 0.05) is 11.6 Å². The first-order chi connectivity index (χ1) is 10.0. The lowest BCUT2D eigenvalue weighted by molar-refractivity contribution is 0.0698. The molecule has 2 amide bonds. The standard InChI is InChI=1S/C15H15ClN2O3/c1-2-7-18(9-10-3-4-10)15(21)17-13-6-5-11(16)8-12(13)14(19)20/h1,5-6,8,10H,3-4,7,9H2,(H,17,21)(H,19,20). The van der Waals surface area contributed by atoms with Crippen molar-refractivity contribution in [2.45, 2.75) is 12.8 Å². The van der Waals surface area contributed by atoms with Crippen molar-refractivity contribution in [2.24, 2.45) is 5.92 Å². The number of carboxylic acids is 1. The van der Waals surface area contributed by atoms with E-state index in [2.05, 4.69) is 11.2 Å². The second kappa shape index (κ2) is 6.51. The third-order valence-corrected chi connectivity index (χ3v) is 3.43. The highest BCUT2D eigenvalue weighted by atomic mass is 35.5. The Morgan fingerprint density at radius 3 is 2.76 bits per heavy atom.